The fourth-order valence-electron chi connectivity index (χ4n) is 4.60. The molecule has 0 radical (unpaired) electrons. The average Bonchev–Trinajstić information content (AvgIpc) is 3.22. The van der Waals surface area contributed by atoms with Crippen LogP contribution in [-0.2, 0) is 14.3 Å². The van der Waals surface area contributed by atoms with Crippen LogP contribution in [0.5, 0.6) is 0 Å². The van der Waals surface area contributed by atoms with Crippen LogP contribution >= 0.6 is 27.3 Å². The van der Waals surface area contributed by atoms with Crippen molar-refractivity contribution in [2.75, 3.05) is 5.32 Å². The van der Waals surface area contributed by atoms with Gasteiger partial charge in [-0.25, -0.2) is 4.98 Å². The number of hydrogen-bond acceptors (Lipinski definition) is 5. The number of benzene rings is 1. The highest BCUT2D eigenvalue weighted by Crippen LogP contribution is 2.60. The lowest BCUT2D eigenvalue weighted by atomic mass is 9.79. The first-order chi connectivity index (χ1) is 11.5. The SMILES string of the molecule is Cc1ccc2nc(NC(=O)[C@@H]3[C@H]4C[C@H]5[C@H](OC(=O)[C@@H]53)[C@H]4Br)sc2c1. The Bertz CT molecular complexity index is 882. The van der Waals surface area contributed by atoms with Gasteiger partial charge in [0, 0.05) is 5.92 Å². The summed E-state index contributed by atoms with van der Waals surface area (Å²) in [5.74, 6) is -0.585. The number of rotatable bonds is 2. The van der Waals surface area contributed by atoms with Crippen LogP contribution in [0.2, 0.25) is 0 Å². The van der Waals surface area contributed by atoms with Crippen molar-refractivity contribution < 1.29 is 14.3 Å². The number of amides is 1. The maximum Gasteiger partial charge on any atom is 0.310 e. The number of thiazole rings is 1. The number of nitrogens with zero attached hydrogens (tertiary/aromatic N) is 1. The number of halogens is 1. The Balaban J connectivity index is 1.43. The summed E-state index contributed by atoms with van der Waals surface area (Å²) >= 11 is 5.10. The molecular weight excluding hydrogens is 392 g/mol. The van der Waals surface area contributed by atoms with E-state index < -0.39 is 0 Å². The van der Waals surface area contributed by atoms with Gasteiger partial charge in [0.1, 0.15) is 6.10 Å². The van der Waals surface area contributed by atoms with Crippen LogP contribution in [0.15, 0.2) is 18.2 Å². The summed E-state index contributed by atoms with van der Waals surface area (Å²) in [6.07, 6.45) is 0.829. The lowest BCUT2D eigenvalue weighted by molar-refractivity contribution is -0.145. The highest BCUT2D eigenvalue weighted by Gasteiger charge is 2.67. The molecular formula is C17H15BrN2O3S. The summed E-state index contributed by atoms with van der Waals surface area (Å²) < 4.78 is 6.52. The third-order valence-corrected chi connectivity index (χ3v) is 7.73. The van der Waals surface area contributed by atoms with Crippen molar-refractivity contribution in [3.63, 3.8) is 0 Å². The monoisotopic (exact) mass is 406 g/mol. The van der Waals surface area contributed by atoms with Crippen molar-refractivity contribution in [1.82, 2.24) is 4.98 Å². The summed E-state index contributed by atoms with van der Waals surface area (Å²) in [4.78, 5) is 29.6. The Morgan fingerprint density at radius 2 is 2.25 bits per heavy atom. The number of aromatic nitrogens is 1. The number of nitrogens with one attached hydrogen (secondary N) is 1. The number of carbonyl (C=O) groups is 2. The molecule has 3 aliphatic rings. The maximum absolute atomic E-state index is 12.9. The van der Waals surface area contributed by atoms with E-state index in [1.807, 2.05) is 19.1 Å². The molecule has 7 heteroatoms. The third kappa shape index (κ3) is 1.94. The minimum atomic E-state index is -0.320. The summed E-state index contributed by atoms with van der Waals surface area (Å²) in [5, 5.41) is 3.54. The first-order valence-corrected chi connectivity index (χ1v) is 9.79. The zero-order chi connectivity index (χ0) is 16.6. The van der Waals surface area contributed by atoms with Crippen molar-refractivity contribution in [1.29, 1.82) is 0 Å². The molecule has 5 nitrogen and oxygen atoms in total. The van der Waals surface area contributed by atoms with Gasteiger partial charge >= 0.3 is 5.97 Å². The van der Waals surface area contributed by atoms with E-state index in [-0.39, 0.29) is 46.5 Å². The van der Waals surface area contributed by atoms with Gasteiger partial charge in [-0.05, 0) is 37.0 Å². The Kier molecular flexibility index (Phi) is 3.10. The molecule has 1 aromatic carbocycles. The molecule has 1 saturated heterocycles. The van der Waals surface area contributed by atoms with Gasteiger partial charge in [-0.3, -0.25) is 9.59 Å². The molecule has 2 bridgehead atoms. The maximum atomic E-state index is 12.9. The van der Waals surface area contributed by atoms with Crippen LogP contribution in [0, 0.1) is 30.6 Å². The molecule has 2 aliphatic carbocycles. The predicted octanol–water partition coefficient (Wildman–Crippen LogP) is 3.11. The molecule has 6 atom stereocenters. The zero-order valence-electron chi connectivity index (χ0n) is 12.9. The second-order valence-corrected chi connectivity index (χ2v) is 9.03. The van der Waals surface area contributed by atoms with Gasteiger partial charge in [-0.15, -0.1) is 0 Å². The van der Waals surface area contributed by atoms with E-state index in [1.54, 1.807) is 0 Å². The number of hydrogen-bond donors (Lipinski definition) is 1. The van der Waals surface area contributed by atoms with Crippen LogP contribution in [0.4, 0.5) is 5.13 Å². The van der Waals surface area contributed by atoms with Crippen molar-refractivity contribution in [2.45, 2.75) is 24.3 Å². The van der Waals surface area contributed by atoms with Gasteiger partial charge in [0.25, 0.3) is 0 Å². The lowest BCUT2D eigenvalue weighted by Crippen LogP contribution is -2.40. The van der Waals surface area contributed by atoms with Gasteiger partial charge in [-0.1, -0.05) is 33.3 Å². The van der Waals surface area contributed by atoms with Crippen molar-refractivity contribution in [3.05, 3.63) is 23.8 Å². The van der Waals surface area contributed by atoms with Crippen LogP contribution in [0.3, 0.4) is 0 Å². The van der Waals surface area contributed by atoms with Gasteiger partial charge in [0.2, 0.25) is 5.91 Å². The molecule has 2 saturated carbocycles. The molecule has 5 rings (SSSR count). The van der Waals surface area contributed by atoms with Crippen molar-refractivity contribution in [3.8, 4) is 0 Å². The van der Waals surface area contributed by atoms with E-state index in [0.29, 0.717) is 5.13 Å². The molecule has 124 valence electrons. The number of esters is 1. The number of fused-ring (bicyclic) bond motifs is 2. The third-order valence-electron chi connectivity index (χ3n) is 5.60. The molecule has 1 amide bonds. The van der Waals surface area contributed by atoms with Crippen molar-refractivity contribution >= 4 is 54.5 Å². The number of aryl methyl sites for hydroxylation is 1. The Morgan fingerprint density at radius 3 is 3.08 bits per heavy atom. The largest absolute Gasteiger partial charge is 0.461 e. The first-order valence-electron chi connectivity index (χ1n) is 8.05. The Hall–Kier alpha value is -1.47. The van der Waals surface area contributed by atoms with Crippen LogP contribution in [0.25, 0.3) is 10.2 Å². The standard InChI is InChI=1S/C17H15BrN2O3S/c1-6-2-3-9-10(4-6)24-17(19-9)20-15(21)11-7-5-8-12(11)16(22)23-14(8)13(7)18/h2-4,7-8,11-14H,5H2,1H3,(H,19,20,21)/t7-,8-,11-,12+,13+,14+/m1/s1. The number of anilines is 1. The number of ether oxygens (including phenoxy) is 1. The number of carbonyl (C=O) groups excluding carboxylic acids is 2. The quantitative estimate of drug-likeness (QED) is 0.614. The predicted molar refractivity (Wildman–Crippen MR) is 94.2 cm³/mol. The molecule has 0 spiro atoms. The lowest BCUT2D eigenvalue weighted by Gasteiger charge is -2.27. The van der Waals surface area contributed by atoms with E-state index in [4.69, 9.17) is 4.74 Å². The minimum Gasteiger partial charge on any atom is -0.461 e. The summed E-state index contributed by atoms with van der Waals surface area (Å²) in [5.41, 5.74) is 2.05. The summed E-state index contributed by atoms with van der Waals surface area (Å²) in [6, 6.07) is 6.03. The normalized spacial score (nSPS) is 36.3. The second-order valence-electron chi connectivity index (χ2n) is 6.94. The Morgan fingerprint density at radius 1 is 1.42 bits per heavy atom. The van der Waals surface area contributed by atoms with Crippen LogP contribution < -0.4 is 5.32 Å². The highest BCUT2D eigenvalue weighted by atomic mass is 79.9. The molecule has 2 heterocycles. The molecule has 1 aliphatic heterocycles. The van der Waals surface area contributed by atoms with Gasteiger partial charge in [0.15, 0.2) is 5.13 Å². The highest BCUT2D eigenvalue weighted by molar-refractivity contribution is 9.09. The van der Waals surface area contributed by atoms with Gasteiger partial charge < -0.3 is 10.1 Å². The molecule has 3 fully saturated rings. The molecule has 0 unspecified atom stereocenters. The van der Waals surface area contributed by atoms with E-state index in [2.05, 4.69) is 32.3 Å². The van der Waals surface area contributed by atoms with Crippen molar-refractivity contribution in [2.24, 2.45) is 23.7 Å². The molecule has 24 heavy (non-hydrogen) atoms. The summed E-state index contributed by atoms with van der Waals surface area (Å²) in [7, 11) is 0. The van der Waals surface area contributed by atoms with E-state index in [0.717, 1.165) is 16.6 Å². The topological polar surface area (TPSA) is 68.3 Å². The van der Waals surface area contributed by atoms with Crippen LogP contribution in [-0.4, -0.2) is 27.8 Å². The van der Waals surface area contributed by atoms with Crippen LogP contribution in [0.1, 0.15) is 12.0 Å². The average molecular weight is 407 g/mol. The molecule has 1 N–H and O–H groups in total. The Labute approximate surface area is 150 Å². The first kappa shape index (κ1) is 14.8. The zero-order valence-corrected chi connectivity index (χ0v) is 15.3. The number of alkyl halides is 1. The fraction of sp³-hybridized carbons (Fsp3) is 0.471. The molecule has 1 aromatic heterocycles. The van der Waals surface area contributed by atoms with E-state index >= 15 is 0 Å². The smallest absolute Gasteiger partial charge is 0.310 e. The second kappa shape index (κ2) is 5.02. The van der Waals surface area contributed by atoms with E-state index in [9.17, 15) is 9.59 Å². The molecule has 2 aromatic rings. The van der Waals surface area contributed by atoms with E-state index in [1.165, 1.54) is 16.9 Å². The van der Waals surface area contributed by atoms with Gasteiger partial charge in [0.05, 0.1) is 26.9 Å². The fourth-order valence-corrected chi connectivity index (χ4v) is 6.62. The minimum absolute atomic E-state index is 0.0537. The summed E-state index contributed by atoms with van der Waals surface area (Å²) in [6.45, 7) is 2.03. The van der Waals surface area contributed by atoms with Gasteiger partial charge in [-0.2, -0.15) is 0 Å².